The largest absolute Gasteiger partial charge is 0.478 e. The van der Waals surface area contributed by atoms with E-state index in [1.54, 1.807) is 16.9 Å². The van der Waals surface area contributed by atoms with Crippen LogP contribution in [0, 0.1) is 0 Å². The number of nitrogens with zero attached hydrogens (tertiary/aromatic N) is 4. The number of hydrogen-bond acceptors (Lipinski definition) is 5. The Morgan fingerprint density at radius 3 is 3.00 bits per heavy atom. The fraction of sp³-hybridized carbons (Fsp3) is 0.167. The minimum atomic E-state index is -1.00. The van der Waals surface area contributed by atoms with Crippen molar-refractivity contribution in [1.82, 2.24) is 20.0 Å². The lowest BCUT2D eigenvalue weighted by molar-refractivity contribution is 0.0699. The number of carboxylic acids is 1. The van der Waals surface area contributed by atoms with E-state index in [1.165, 1.54) is 17.4 Å². The third-order valence-corrected chi connectivity index (χ3v) is 3.85. The van der Waals surface area contributed by atoms with Crippen molar-refractivity contribution in [3.63, 3.8) is 0 Å². The molecular formula is C12H10N4O2S. The molecule has 3 aromatic rings. The van der Waals surface area contributed by atoms with Gasteiger partial charge in [-0.2, -0.15) is 0 Å². The Morgan fingerprint density at radius 2 is 2.32 bits per heavy atom. The number of thiazole rings is 1. The molecule has 1 aromatic carbocycles. The third kappa shape index (κ3) is 1.88. The van der Waals surface area contributed by atoms with Gasteiger partial charge < -0.3 is 5.11 Å². The molecule has 3 rings (SSSR count). The molecule has 1 atom stereocenters. The van der Waals surface area contributed by atoms with Crippen LogP contribution in [0.25, 0.3) is 11.0 Å². The van der Waals surface area contributed by atoms with Crippen molar-refractivity contribution in [2.24, 2.45) is 0 Å². The van der Waals surface area contributed by atoms with Gasteiger partial charge in [-0.1, -0.05) is 11.3 Å². The molecular weight excluding hydrogens is 264 g/mol. The number of benzene rings is 1. The number of carboxylic acid groups (broad SMARTS) is 1. The lowest BCUT2D eigenvalue weighted by atomic mass is 10.2. The summed E-state index contributed by atoms with van der Waals surface area (Å²) in [4.78, 5) is 15.4. The van der Waals surface area contributed by atoms with Gasteiger partial charge in [0.2, 0.25) is 0 Å². The summed E-state index contributed by atoms with van der Waals surface area (Å²) in [7, 11) is 0. The standard InChI is InChI=1S/C12H10N4O2S/c1-7(11-13-5-6-19-11)16-9-4-2-3-8(12(17)18)10(9)14-15-16/h2-7H,1H3,(H,17,18). The maximum absolute atomic E-state index is 11.1. The van der Waals surface area contributed by atoms with Crippen molar-refractivity contribution in [3.8, 4) is 0 Å². The molecule has 19 heavy (non-hydrogen) atoms. The smallest absolute Gasteiger partial charge is 0.338 e. The first-order chi connectivity index (χ1) is 9.18. The summed E-state index contributed by atoms with van der Waals surface area (Å²) in [6.07, 6.45) is 1.73. The van der Waals surface area contributed by atoms with Gasteiger partial charge in [0.25, 0.3) is 0 Å². The Labute approximate surface area is 112 Å². The minimum Gasteiger partial charge on any atom is -0.478 e. The number of carbonyl (C=O) groups is 1. The van der Waals surface area contributed by atoms with Crippen LogP contribution in [0.15, 0.2) is 29.8 Å². The summed E-state index contributed by atoms with van der Waals surface area (Å²) in [5.41, 5.74) is 1.26. The van der Waals surface area contributed by atoms with Gasteiger partial charge in [-0.3, -0.25) is 0 Å². The van der Waals surface area contributed by atoms with E-state index in [0.29, 0.717) is 11.0 Å². The molecule has 0 fully saturated rings. The van der Waals surface area contributed by atoms with E-state index >= 15 is 0 Å². The van der Waals surface area contributed by atoms with Crippen molar-refractivity contribution in [2.75, 3.05) is 0 Å². The first-order valence-corrected chi connectivity index (χ1v) is 6.53. The summed E-state index contributed by atoms with van der Waals surface area (Å²) >= 11 is 1.53. The van der Waals surface area contributed by atoms with E-state index < -0.39 is 5.97 Å². The van der Waals surface area contributed by atoms with Crippen LogP contribution in [-0.4, -0.2) is 31.1 Å². The lowest BCUT2D eigenvalue weighted by Crippen LogP contribution is -2.08. The molecule has 0 aliphatic carbocycles. The third-order valence-electron chi connectivity index (χ3n) is 2.91. The molecule has 0 aliphatic heterocycles. The Kier molecular flexibility index (Phi) is 2.75. The van der Waals surface area contributed by atoms with Crippen LogP contribution in [0.3, 0.4) is 0 Å². The minimum absolute atomic E-state index is 0.0750. The SMILES string of the molecule is CC(c1nccs1)n1nnc2c(C(=O)O)cccc21. The number of hydrogen-bond donors (Lipinski definition) is 1. The normalized spacial score (nSPS) is 12.7. The predicted octanol–water partition coefficient (Wildman–Crippen LogP) is 2.20. The maximum Gasteiger partial charge on any atom is 0.338 e. The van der Waals surface area contributed by atoms with Crippen LogP contribution in [0.2, 0.25) is 0 Å². The van der Waals surface area contributed by atoms with E-state index in [0.717, 1.165) is 5.01 Å². The van der Waals surface area contributed by atoms with Gasteiger partial charge >= 0.3 is 5.97 Å². The second kappa shape index (κ2) is 4.43. The highest BCUT2D eigenvalue weighted by molar-refractivity contribution is 7.09. The van der Waals surface area contributed by atoms with E-state index in [2.05, 4.69) is 15.3 Å². The highest BCUT2D eigenvalue weighted by atomic mass is 32.1. The van der Waals surface area contributed by atoms with E-state index in [4.69, 9.17) is 5.11 Å². The van der Waals surface area contributed by atoms with Gasteiger partial charge in [0.1, 0.15) is 16.6 Å². The molecule has 0 saturated carbocycles. The first-order valence-electron chi connectivity index (χ1n) is 5.65. The fourth-order valence-corrected chi connectivity index (χ4v) is 2.65. The van der Waals surface area contributed by atoms with Gasteiger partial charge in [0.15, 0.2) is 0 Å². The molecule has 0 bridgehead atoms. The van der Waals surface area contributed by atoms with E-state index in [1.807, 2.05) is 18.4 Å². The topological polar surface area (TPSA) is 80.9 Å². The maximum atomic E-state index is 11.1. The van der Waals surface area contributed by atoms with Crippen molar-refractivity contribution in [1.29, 1.82) is 0 Å². The molecule has 96 valence electrons. The molecule has 0 radical (unpaired) electrons. The highest BCUT2D eigenvalue weighted by Crippen LogP contribution is 2.24. The second-order valence-electron chi connectivity index (χ2n) is 4.06. The predicted molar refractivity (Wildman–Crippen MR) is 70.4 cm³/mol. The number of aromatic carboxylic acids is 1. The summed E-state index contributed by atoms with van der Waals surface area (Å²) in [6, 6.07) is 4.96. The Morgan fingerprint density at radius 1 is 1.47 bits per heavy atom. The molecule has 1 unspecified atom stereocenters. The number of fused-ring (bicyclic) bond motifs is 1. The average Bonchev–Trinajstić information content (AvgIpc) is 3.06. The van der Waals surface area contributed by atoms with Gasteiger partial charge in [0, 0.05) is 11.6 Å². The van der Waals surface area contributed by atoms with Crippen molar-refractivity contribution >= 4 is 28.3 Å². The van der Waals surface area contributed by atoms with Gasteiger partial charge in [-0.15, -0.1) is 16.4 Å². The molecule has 2 heterocycles. The van der Waals surface area contributed by atoms with Gasteiger partial charge in [0.05, 0.1) is 11.1 Å². The molecule has 0 spiro atoms. The van der Waals surface area contributed by atoms with Gasteiger partial charge in [-0.25, -0.2) is 14.5 Å². The van der Waals surface area contributed by atoms with Crippen molar-refractivity contribution in [3.05, 3.63) is 40.3 Å². The fourth-order valence-electron chi connectivity index (χ4n) is 1.97. The molecule has 0 amide bonds. The Hall–Kier alpha value is -2.28. The summed E-state index contributed by atoms with van der Waals surface area (Å²) in [5.74, 6) is -1.00. The Bertz CT molecular complexity index is 735. The van der Waals surface area contributed by atoms with Crippen LogP contribution in [-0.2, 0) is 0 Å². The zero-order valence-electron chi connectivity index (χ0n) is 10.0. The number of aromatic nitrogens is 4. The lowest BCUT2D eigenvalue weighted by Gasteiger charge is -2.09. The molecule has 7 heteroatoms. The van der Waals surface area contributed by atoms with Crippen molar-refractivity contribution in [2.45, 2.75) is 13.0 Å². The van der Waals surface area contributed by atoms with Crippen LogP contribution in [0.5, 0.6) is 0 Å². The Balaban J connectivity index is 2.16. The van der Waals surface area contributed by atoms with Crippen LogP contribution >= 0.6 is 11.3 Å². The van der Waals surface area contributed by atoms with Crippen LogP contribution in [0.4, 0.5) is 0 Å². The monoisotopic (exact) mass is 274 g/mol. The van der Waals surface area contributed by atoms with Crippen LogP contribution < -0.4 is 0 Å². The van der Waals surface area contributed by atoms with E-state index in [-0.39, 0.29) is 11.6 Å². The summed E-state index contributed by atoms with van der Waals surface area (Å²) in [5, 5.41) is 20.0. The highest BCUT2D eigenvalue weighted by Gasteiger charge is 2.18. The van der Waals surface area contributed by atoms with Gasteiger partial charge in [-0.05, 0) is 19.1 Å². The summed E-state index contributed by atoms with van der Waals surface area (Å²) < 4.78 is 1.70. The van der Waals surface area contributed by atoms with Crippen molar-refractivity contribution < 1.29 is 9.90 Å². The van der Waals surface area contributed by atoms with Crippen LogP contribution in [0.1, 0.15) is 28.3 Å². The molecule has 1 N–H and O–H groups in total. The zero-order valence-corrected chi connectivity index (χ0v) is 10.8. The molecule has 0 aliphatic rings. The molecule has 0 saturated heterocycles. The second-order valence-corrected chi connectivity index (χ2v) is 4.98. The number of rotatable bonds is 3. The molecule has 2 aromatic heterocycles. The molecule has 6 nitrogen and oxygen atoms in total. The first kappa shape index (κ1) is 11.8. The zero-order chi connectivity index (χ0) is 13.4. The van der Waals surface area contributed by atoms with E-state index in [9.17, 15) is 4.79 Å². The average molecular weight is 274 g/mol. The summed E-state index contributed by atoms with van der Waals surface area (Å²) in [6.45, 7) is 1.96. The quantitative estimate of drug-likeness (QED) is 0.791.